The Morgan fingerprint density at radius 1 is 1.20 bits per heavy atom. The molecule has 0 spiro atoms. The predicted octanol–water partition coefficient (Wildman–Crippen LogP) is 3.45. The summed E-state index contributed by atoms with van der Waals surface area (Å²) in [4.78, 5) is 18.8. The normalized spacial score (nSPS) is 18.9. The highest BCUT2D eigenvalue weighted by molar-refractivity contribution is 5.89. The van der Waals surface area contributed by atoms with Crippen LogP contribution in [0.25, 0.3) is 11.4 Å². The summed E-state index contributed by atoms with van der Waals surface area (Å²) in [6, 6.07) is 12.6. The lowest BCUT2D eigenvalue weighted by atomic mass is 10.1. The smallest absolute Gasteiger partial charge is 0.319 e. The Kier molecular flexibility index (Phi) is 5.62. The average molecular weight is 411 g/mol. The number of ether oxygens (including phenoxy) is 1. The van der Waals surface area contributed by atoms with E-state index < -0.39 is 0 Å². The monoisotopic (exact) mass is 411 g/mol. The maximum absolute atomic E-state index is 13.1. The molecule has 8 nitrogen and oxygen atoms in total. The van der Waals surface area contributed by atoms with Crippen molar-refractivity contribution in [2.45, 2.75) is 18.5 Å². The number of nitrogens with one attached hydrogen (secondary N) is 2. The van der Waals surface area contributed by atoms with Gasteiger partial charge >= 0.3 is 6.03 Å². The molecule has 4 rings (SSSR count). The zero-order valence-electron chi connectivity index (χ0n) is 16.6. The van der Waals surface area contributed by atoms with Crippen LogP contribution in [-0.2, 0) is 0 Å². The zero-order chi connectivity index (χ0) is 21.1. The average Bonchev–Trinajstić information content (AvgIpc) is 3.35. The van der Waals surface area contributed by atoms with E-state index >= 15 is 0 Å². The van der Waals surface area contributed by atoms with Crippen LogP contribution in [0.2, 0.25) is 0 Å². The molecule has 1 aliphatic heterocycles. The van der Waals surface area contributed by atoms with Gasteiger partial charge in [-0.3, -0.25) is 4.90 Å². The van der Waals surface area contributed by atoms with E-state index in [1.54, 1.807) is 43.5 Å². The Balaban J connectivity index is 1.36. The van der Waals surface area contributed by atoms with Crippen LogP contribution in [-0.4, -0.2) is 47.8 Å². The first kappa shape index (κ1) is 19.8. The highest BCUT2D eigenvalue weighted by Crippen LogP contribution is 2.31. The number of carbonyl (C=O) groups excluding carboxylic acids is 1. The summed E-state index contributed by atoms with van der Waals surface area (Å²) in [5, 5.41) is 9.80. The second-order valence-electron chi connectivity index (χ2n) is 7.18. The molecule has 2 aromatic carbocycles. The number of hydrogen-bond acceptors (Lipinski definition) is 6. The van der Waals surface area contributed by atoms with Crippen LogP contribution < -0.4 is 15.4 Å². The van der Waals surface area contributed by atoms with Gasteiger partial charge in [0.1, 0.15) is 11.6 Å². The lowest BCUT2D eigenvalue weighted by Gasteiger charge is -2.14. The number of aromatic nitrogens is 2. The molecule has 156 valence electrons. The van der Waals surface area contributed by atoms with Crippen molar-refractivity contribution < 1.29 is 18.4 Å². The maximum Gasteiger partial charge on any atom is 0.319 e. The summed E-state index contributed by atoms with van der Waals surface area (Å²) in [5.41, 5.74) is 1.36. The minimum atomic E-state index is -0.320. The molecule has 1 aliphatic rings. The number of urea groups is 1. The van der Waals surface area contributed by atoms with Gasteiger partial charge in [-0.2, -0.15) is 4.98 Å². The van der Waals surface area contributed by atoms with Crippen molar-refractivity contribution in [2.75, 3.05) is 26.0 Å². The number of rotatable bonds is 5. The number of methoxy groups -OCH3 is 1. The van der Waals surface area contributed by atoms with E-state index in [-0.39, 0.29) is 23.9 Å². The molecular weight excluding hydrogens is 389 g/mol. The fraction of sp³-hybridized carbons (Fsp3) is 0.286. The third-order valence-corrected chi connectivity index (χ3v) is 5.06. The largest absolute Gasteiger partial charge is 0.497 e. The lowest BCUT2D eigenvalue weighted by Crippen LogP contribution is -2.39. The second kappa shape index (κ2) is 8.50. The van der Waals surface area contributed by atoms with Gasteiger partial charge in [0, 0.05) is 23.8 Å². The molecule has 0 saturated carbocycles. The van der Waals surface area contributed by atoms with E-state index in [4.69, 9.17) is 9.26 Å². The lowest BCUT2D eigenvalue weighted by molar-refractivity contribution is 0.243. The molecule has 30 heavy (non-hydrogen) atoms. The van der Waals surface area contributed by atoms with Gasteiger partial charge in [-0.15, -0.1) is 0 Å². The van der Waals surface area contributed by atoms with Gasteiger partial charge in [0.25, 0.3) is 0 Å². The minimum Gasteiger partial charge on any atom is -0.497 e. The Labute approximate surface area is 173 Å². The number of carbonyl (C=O) groups is 1. The van der Waals surface area contributed by atoms with E-state index in [1.165, 1.54) is 12.1 Å². The second-order valence-corrected chi connectivity index (χ2v) is 7.18. The molecule has 1 saturated heterocycles. The quantitative estimate of drug-likeness (QED) is 0.668. The highest BCUT2D eigenvalue weighted by atomic mass is 19.1. The third-order valence-electron chi connectivity index (χ3n) is 5.06. The van der Waals surface area contributed by atoms with Crippen molar-refractivity contribution >= 4 is 11.7 Å². The van der Waals surface area contributed by atoms with E-state index in [0.717, 1.165) is 5.75 Å². The summed E-state index contributed by atoms with van der Waals surface area (Å²) >= 11 is 0. The first-order valence-corrected chi connectivity index (χ1v) is 9.53. The maximum atomic E-state index is 13.1. The van der Waals surface area contributed by atoms with Crippen molar-refractivity contribution in [2.24, 2.45) is 0 Å². The van der Waals surface area contributed by atoms with Gasteiger partial charge < -0.3 is 19.9 Å². The predicted molar refractivity (Wildman–Crippen MR) is 109 cm³/mol. The van der Waals surface area contributed by atoms with E-state index in [9.17, 15) is 9.18 Å². The zero-order valence-corrected chi connectivity index (χ0v) is 16.6. The van der Waals surface area contributed by atoms with E-state index in [2.05, 4.69) is 25.7 Å². The molecular formula is C21H22FN5O3. The number of likely N-dealkylation sites (tertiary alicyclic amines) is 1. The third kappa shape index (κ3) is 4.41. The molecule has 1 aromatic heterocycles. The van der Waals surface area contributed by atoms with Crippen molar-refractivity contribution in [1.82, 2.24) is 20.4 Å². The van der Waals surface area contributed by atoms with Crippen molar-refractivity contribution in [3.05, 3.63) is 60.2 Å². The van der Waals surface area contributed by atoms with Crippen LogP contribution in [0.15, 0.2) is 53.1 Å². The van der Waals surface area contributed by atoms with E-state index in [1.807, 2.05) is 7.05 Å². The molecule has 2 unspecified atom stereocenters. The Hall–Kier alpha value is -3.46. The van der Waals surface area contributed by atoms with Crippen LogP contribution in [0.4, 0.5) is 14.9 Å². The summed E-state index contributed by atoms with van der Waals surface area (Å²) in [6.45, 7) is 0.648. The molecule has 1 fully saturated rings. The molecule has 0 aliphatic carbocycles. The fourth-order valence-corrected chi connectivity index (χ4v) is 3.51. The van der Waals surface area contributed by atoms with Crippen molar-refractivity contribution in [1.29, 1.82) is 0 Å². The molecule has 2 heterocycles. The Morgan fingerprint density at radius 3 is 2.63 bits per heavy atom. The molecule has 9 heteroatoms. The SMILES string of the molecule is COc1ccc(NC(=O)NC2CC(c3nc(-c4ccc(F)cc4)no3)N(C)C2)cc1. The fourth-order valence-electron chi connectivity index (χ4n) is 3.51. The number of amides is 2. The van der Waals surface area contributed by atoms with Crippen LogP contribution in [0.3, 0.4) is 0 Å². The molecule has 0 radical (unpaired) electrons. The number of hydrogen-bond donors (Lipinski definition) is 2. The number of likely N-dealkylation sites (N-methyl/N-ethyl adjacent to an activating group) is 1. The Bertz CT molecular complexity index is 1010. The van der Waals surface area contributed by atoms with Gasteiger partial charge in [-0.1, -0.05) is 5.16 Å². The number of nitrogens with zero attached hydrogens (tertiary/aromatic N) is 3. The van der Waals surface area contributed by atoms with Gasteiger partial charge in [0.05, 0.1) is 13.2 Å². The number of benzene rings is 2. The van der Waals surface area contributed by atoms with Crippen molar-refractivity contribution in [3.8, 4) is 17.1 Å². The van der Waals surface area contributed by atoms with Crippen LogP contribution in [0, 0.1) is 5.82 Å². The molecule has 0 bridgehead atoms. The van der Waals surface area contributed by atoms with Crippen molar-refractivity contribution in [3.63, 3.8) is 0 Å². The topological polar surface area (TPSA) is 92.5 Å². The summed E-state index contributed by atoms with van der Waals surface area (Å²) in [7, 11) is 3.53. The molecule has 2 amide bonds. The molecule has 2 N–H and O–H groups in total. The first-order valence-electron chi connectivity index (χ1n) is 9.53. The van der Waals surface area contributed by atoms with Gasteiger partial charge in [0.15, 0.2) is 0 Å². The van der Waals surface area contributed by atoms with Crippen LogP contribution in [0.5, 0.6) is 5.75 Å². The van der Waals surface area contributed by atoms with Crippen LogP contribution in [0.1, 0.15) is 18.4 Å². The molecule has 3 aromatic rings. The standard InChI is InChI=1S/C21H22FN5O3/c1-27-12-16(24-21(28)23-15-7-9-17(29-2)10-8-15)11-18(27)20-25-19(26-30-20)13-3-5-14(22)6-4-13/h3-10,16,18H,11-12H2,1-2H3,(H2,23,24,28). The van der Waals surface area contributed by atoms with Gasteiger partial charge in [0.2, 0.25) is 11.7 Å². The molecule has 2 atom stereocenters. The van der Waals surface area contributed by atoms with E-state index in [0.29, 0.717) is 35.9 Å². The minimum absolute atomic E-state index is 0.0700. The van der Waals surface area contributed by atoms with Crippen LogP contribution >= 0.6 is 0 Å². The summed E-state index contributed by atoms with van der Waals surface area (Å²) in [5.74, 6) is 1.28. The first-order chi connectivity index (χ1) is 14.5. The van der Waals surface area contributed by atoms with Gasteiger partial charge in [-0.25, -0.2) is 9.18 Å². The summed E-state index contributed by atoms with van der Waals surface area (Å²) in [6.07, 6.45) is 0.636. The summed E-state index contributed by atoms with van der Waals surface area (Å²) < 4.78 is 23.7. The van der Waals surface area contributed by atoms with Gasteiger partial charge in [-0.05, 0) is 62.0 Å². The Morgan fingerprint density at radius 2 is 1.93 bits per heavy atom. The number of anilines is 1. The highest BCUT2D eigenvalue weighted by Gasteiger charge is 2.35. The number of halogens is 1.